The molecule has 1 aromatic heterocycles. The van der Waals surface area contributed by atoms with Crippen LogP contribution in [-0.2, 0) is 6.54 Å². The molecule has 1 aromatic rings. The van der Waals surface area contributed by atoms with Gasteiger partial charge in [0.15, 0.2) is 11.8 Å². The lowest BCUT2D eigenvalue weighted by atomic mass is 10.00. The summed E-state index contributed by atoms with van der Waals surface area (Å²) in [5.74, 6) is 2.99. The Bertz CT molecular complexity index is 412. The summed E-state index contributed by atoms with van der Waals surface area (Å²) < 4.78 is 5.07. The summed E-state index contributed by atoms with van der Waals surface area (Å²) in [6, 6.07) is 0. The zero-order valence-electron chi connectivity index (χ0n) is 11.7. The number of aryl methyl sites for hydroxylation is 1. The smallest absolute Gasteiger partial charge is 0.246 e. The summed E-state index contributed by atoms with van der Waals surface area (Å²) in [4.78, 5) is 10.7. The monoisotopic (exact) mass is 379 g/mol. The lowest BCUT2D eigenvalue weighted by Crippen LogP contribution is -2.45. The van der Waals surface area contributed by atoms with E-state index in [4.69, 9.17) is 4.52 Å². The van der Waals surface area contributed by atoms with Crippen molar-refractivity contribution in [3.8, 4) is 0 Å². The Hall–Kier alpha value is -0.860. The van der Waals surface area contributed by atoms with Gasteiger partial charge in [0.2, 0.25) is 5.89 Å². The zero-order chi connectivity index (χ0) is 13.0. The van der Waals surface area contributed by atoms with Crippen LogP contribution < -0.4 is 5.32 Å². The average Bonchev–Trinajstić information content (AvgIpc) is 2.78. The van der Waals surface area contributed by atoms with Gasteiger partial charge in [-0.15, -0.1) is 24.0 Å². The van der Waals surface area contributed by atoms with Gasteiger partial charge in [-0.3, -0.25) is 4.99 Å². The van der Waals surface area contributed by atoms with Crippen LogP contribution in [0.5, 0.6) is 0 Å². The van der Waals surface area contributed by atoms with Crippen LogP contribution in [0, 0.1) is 12.8 Å². The largest absolute Gasteiger partial charge is 0.347 e. The summed E-state index contributed by atoms with van der Waals surface area (Å²) in [6.07, 6.45) is 2.45. The van der Waals surface area contributed by atoms with Crippen molar-refractivity contribution in [2.24, 2.45) is 10.9 Å². The van der Waals surface area contributed by atoms with Crippen molar-refractivity contribution in [3.63, 3.8) is 0 Å². The molecular formula is C12H22IN5O. The van der Waals surface area contributed by atoms with E-state index in [1.807, 2.05) is 6.92 Å². The molecule has 7 heteroatoms. The van der Waals surface area contributed by atoms with E-state index < -0.39 is 0 Å². The molecule has 1 aliphatic heterocycles. The fourth-order valence-corrected chi connectivity index (χ4v) is 2.12. The van der Waals surface area contributed by atoms with Crippen molar-refractivity contribution in [1.29, 1.82) is 0 Å². The van der Waals surface area contributed by atoms with E-state index in [0.717, 1.165) is 25.0 Å². The van der Waals surface area contributed by atoms with Gasteiger partial charge in [0.25, 0.3) is 0 Å². The molecular weight excluding hydrogens is 357 g/mol. The molecule has 1 fully saturated rings. The standard InChI is InChI=1S/C12H21N5O.HI/c1-9-4-6-17(7-5-9)12(13-3)14-8-11-15-10(2)16-18-11;/h9H,4-8H2,1-3H3,(H,13,14);1H. The molecule has 108 valence electrons. The number of nitrogens with one attached hydrogen (secondary N) is 1. The minimum atomic E-state index is 0. The summed E-state index contributed by atoms with van der Waals surface area (Å²) in [7, 11) is 1.80. The number of hydrogen-bond acceptors (Lipinski definition) is 4. The Morgan fingerprint density at radius 2 is 2.16 bits per heavy atom. The number of rotatable bonds is 2. The number of piperidine rings is 1. The average molecular weight is 379 g/mol. The molecule has 0 saturated carbocycles. The van der Waals surface area contributed by atoms with Gasteiger partial charge in [0, 0.05) is 20.1 Å². The molecule has 0 bridgehead atoms. The van der Waals surface area contributed by atoms with E-state index in [1.54, 1.807) is 7.05 Å². The van der Waals surface area contributed by atoms with Gasteiger partial charge in [-0.25, -0.2) is 0 Å². The van der Waals surface area contributed by atoms with Gasteiger partial charge in [-0.05, 0) is 25.7 Å². The highest BCUT2D eigenvalue weighted by Crippen LogP contribution is 2.15. The van der Waals surface area contributed by atoms with Crippen LogP contribution in [0.3, 0.4) is 0 Å². The Balaban J connectivity index is 0.00000180. The fraction of sp³-hybridized carbons (Fsp3) is 0.750. The third kappa shape index (κ3) is 4.63. The van der Waals surface area contributed by atoms with Gasteiger partial charge >= 0.3 is 0 Å². The second-order valence-electron chi connectivity index (χ2n) is 4.81. The Morgan fingerprint density at radius 1 is 1.47 bits per heavy atom. The molecule has 6 nitrogen and oxygen atoms in total. The molecule has 1 aliphatic rings. The van der Waals surface area contributed by atoms with E-state index in [-0.39, 0.29) is 24.0 Å². The molecule has 0 amide bonds. The minimum absolute atomic E-state index is 0. The van der Waals surface area contributed by atoms with Gasteiger partial charge in [-0.1, -0.05) is 12.1 Å². The predicted octanol–water partition coefficient (Wildman–Crippen LogP) is 1.80. The number of guanidine groups is 1. The van der Waals surface area contributed by atoms with Crippen molar-refractivity contribution in [1.82, 2.24) is 20.4 Å². The maximum absolute atomic E-state index is 5.07. The number of halogens is 1. The van der Waals surface area contributed by atoms with Crippen LogP contribution in [0.2, 0.25) is 0 Å². The highest BCUT2D eigenvalue weighted by molar-refractivity contribution is 14.0. The summed E-state index contributed by atoms with van der Waals surface area (Å²) in [5, 5.41) is 7.03. The number of aliphatic imine (C=N–C) groups is 1. The van der Waals surface area contributed by atoms with Crippen molar-refractivity contribution in [2.45, 2.75) is 33.2 Å². The van der Waals surface area contributed by atoms with Crippen LogP contribution >= 0.6 is 24.0 Å². The Kier molecular flexibility index (Phi) is 6.53. The maximum Gasteiger partial charge on any atom is 0.246 e. The third-order valence-electron chi connectivity index (χ3n) is 3.26. The highest BCUT2D eigenvalue weighted by Gasteiger charge is 2.18. The second-order valence-corrected chi connectivity index (χ2v) is 4.81. The first-order valence-corrected chi connectivity index (χ1v) is 6.44. The van der Waals surface area contributed by atoms with Gasteiger partial charge in [-0.2, -0.15) is 4.98 Å². The Morgan fingerprint density at radius 3 is 2.68 bits per heavy atom. The summed E-state index contributed by atoms with van der Waals surface area (Å²) >= 11 is 0. The second kappa shape index (κ2) is 7.66. The van der Waals surface area contributed by atoms with E-state index in [9.17, 15) is 0 Å². The summed E-state index contributed by atoms with van der Waals surface area (Å²) in [6.45, 7) is 6.76. The van der Waals surface area contributed by atoms with E-state index in [1.165, 1.54) is 12.8 Å². The van der Waals surface area contributed by atoms with Gasteiger partial charge in [0.1, 0.15) is 0 Å². The fourth-order valence-electron chi connectivity index (χ4n) is 2.12. The number of likely N-dealkylation sites (tertiary alicyclic amines) is 1. The first kappa shape index (κ1) is 16.2. The van der Waals surface area contributed by atoms with Crippen LogP contribution in [-0.4, -0.2) is 41.1 Å². The molecule has 0 atom stereocenters. The first-order valence-electron chi connectivity index (χ1n) is 6.44. The molecule has 0 unspecified atom stereocenters. The molecule has 2 heterocycles. The van der Waals surface area contributed by atoms with Crippen molar-refractivity contribution < 1.29 is 4.52 Å². The van der Waals surface area contributed by atoms with Crippen LogP contribution in [0.1, 0.15) is 31.5 Å². The number of aromatic nitrogens is 2. The number of nitrogens with zero attached hydrogens (tertiary/aromatic N) is 4. The predicted molar refractivity (Wildman–Crippen MR) is 84.6 cm³/mol. The molecule has 0 aromatic carbocycles. The van der Waals surface area contributed by atoms with E-state index in [2.05, 4.69) is 32.3 Å². The van der Waals surface area contributed by atoms with Crippen LogP contribution in [0.4, 0.5) is 0 Å². The molecule has 0 aliphatic carbocycles. The van der Waals surface area contributed by atoms with Gasteiger partial charge < -0.3 is 14.7 Å². The van der Waals surface area contributed by atoms with E-state index >= 15 is 0 Å². The topological polar surface area (TPSA) is 66.5 Å². The molecule has 1 N–H and O–H groups in total. The molecule has 0 spiro atoms. The van der Waals surface area contributed by atoms with Crippen molar-refractivity contribution >= 4 is 29.9 Å². The molecule has 1 saturated heterocycles. The van der Waals surface area contributed by atoms with Gasteiger partial charge in [0.05, 0.1) is 6.54 Å². The quantitative estimate of drug-likeness (QED) is 0.482. The Labute approximate surface area is 131 Å². The zero-order valence-corrected chi connectivity index (χ0v) is 14.0. The van der Waals surface area contributed by atoms with Crippen LogP contribution in [0.15, 0.2) is 9.52 Å². The maximum atomic E-state index is 5.07. The lowest BCUT2D eigenvalue weighted by Gasteiger charge is -2.32. The highest BCUT2D eigenvalue weighted by atomic mass is 127. The summed E-state index contributed by atoms with van der Waals surface area (Å²) in [5.41, 5.74) is 0. The minimum Gasteiger partial charge on any atom is -0.347 e. The van der Waals surface area contributed by atoms with Crippen molar-refractivity contribution in [3.05, 3.63) is 11.7 Å². The first-order chi connectivity index (χ1) is 8.69. The normalized spacial score (nSPS) is 17.2. The molecule has 2 rings (SSSR count). The van der Waals surface area contributed by atoms with E-state index in [0.29, 0.717) is 18.3 Å². The van der Waals surface area contributed by atoms with Crippen molar-refractivity contribution in [2.75, 3.05) is 20.1 Å². The number of hydrogen-bond donors (Lipinski definition) is 1. The molecule has 19 heavy (non-hydrogen) atoms. The SMILES string of the molecule is CN=C(NCc1nc(C)no1)N1CCC(C)CC1.I. The molecule has 0 radical (unpaired) electrons. The lowest BCUT2D eigenvalue weighted by molar-refractivity contribution is 0.271. The van der Waals surface area contributed by atoms with Crippen LogP contribution in [0.25, 0.3) is 0 Å². The third-order valence-corrected chi connectivity index (χ3v) is 3.26.